The van der Waals surface area contributed by atoms with E-state index in [2.05, 4.69) is 5.32 Å². The quantitative estimate of drug-likeness (QED) is 0.434. The summed E-state index contributed by atoms with van der Waals surface area (Å²) in [4.78, 5) is 21.3. The van der Waals surface area contributed by atoms with Gasteiger partial charge in [-0.2, -0.15) is 0 Å². The lowest BCUT2D eigenvalue weighted by atomic mass is 10.1. The van der Waals surface area contributed by atoms with Gasteiger partial charge < -0.3 is 19.9 Å². The smallest absolute Gasteiger partial charge is 0.338 e. The second-order valence-corrected chi connectivity index (χ2v) is 4.72. The number of non-ortho nitro benzene ring substituents is 1. The van der Waals surface area contributed by atoms with E-state index in [1.54, 1.807) is 12.1 Å². The summed E-state index contributed by atoms with van der Waals surface area (Å²) in [5.41, 5.74) is -0.151. The predicted molar refractivity (Wildman–Crippen MR) is 87.0 cm³/mol. The first-order valence-electron chi connectivity index (χ1n) is 7.04. The van der Waals surface area contributed by atoms with E-state index in [-0.39, 0.29) is 23.5 Å². The lowest BCUT2D eigenvalue weighted by molar-refractivity contribution is -0.384. The molecule has 2 aromatic rings. The van der Waals surface area contributed by atoms with Gasteiger partial charge in [-0.05, 0) is 18.2 Å². The number of anilines is 1. The zero-order chi connectivity index (χ0) is 17.5. The molecule has 0 radical (unpaired) electrons. The highest BCUT2D eigenvalue weighted by atomic mass is 16.6. The van der Waals surface area contributed by atoms with Crippen molar-refractivity contribution in [1.82, 2.24) is 0 Å². The maximum absolute atomic E-state index is 11.2. The molecule has 0 aliphatic rings. The van der Waals surface area contributed by atoms with Crippen LogP contribution in [0.25, 0.3) is 0 Å². The summed E-state index contributed by atoms with van der Waals surface area (Å²) < 4.78 is 10.7. The zero-order valence-electron chi connectivity index (χ0n) is 12.9. The maximum atomic E-state index is 11.2. The number of benzene rings is 2. The largest absolute Gasteiger partial charge is 0.493 e. The summed E-state index contributed by atoms with van der Waals surface area (Å²) in [5.74, 6) is -0.0742. The molecule has 0 saturated carbocycles. The minimum atomic E-state index is -1.24. The molecule has 0 unspecified atom stereocenters. The molecule has 0 heterocycles. The Kier molecular flexibility index (Phi) is 5.56. The Labute approximate surface area is 137 Å². The van der Waals surface area contributed by atoms with Crippen LogP contribution in [0.3, 0.4) is 0 Å². The van der Waals surface area contributed by atoms with Gasteiger partial charge in [0.05, 0.1) is 17.6 Å². The molecule has 0 saturated heterocycles. The third-order valence-electron chi connectivity index (χ3n) is 3.19. The Morgan fingerprint density at radius 1 is 1.25 bits per heavy atom. The van der Waals surface area contributed by atoms with Crippen LogP contribution in [0.2, 0.25) is 0 Å². The molecule has 2 aromatic carbocycles. The zero-order valence-corrected chi connectivity index (χ0v) is 12.9. The van der Waals surface area contributed by atoms with Crippen LogP contribution in [-0.2, 0) is 0 Å². The molecule has 8 nitrogen and oxygen atoms in total. The molecule has 126 valence electrons. The number of para-hydroxylation sites is 2. The number of nitrogens with one attached hydrogen (secondary N) is 1. The molecule has 2 rings (SSSR count). The maximum Gasteiger partial charge on any atom is 0.338 e. The minimum Gasteiger partial charge on any atom is -0.493 e. The number of carboxylic acids is 1. The highest BCUT2D eigenvalue weighted by Gasteiger charge is 2.15. The van der Waals surface area contributed by atoms with E-state index >= 15 is 0 Å². The Morgan fingerprint density at radius 3 is 2.58 bits per heavy atom. The molecule has 0 bridgehead atoms. The van der Waals surface area contributed by atoms with Crippen molar-refractivity contribution in [3.63, 3.8) is 0 Å². The van der Waals surface area contributed by atoms with Crippen LogP contribution in [0.15, 0.2) is 42.5 Å². The number of carbonyl (C=O) groups is 1. The summed E-state index contributed by atoms with van der Waals surface area (Å²) in [6.07, 6.45) is 0. The van der Waals surface area contributed by atoms with Crippen LogP contribution in [0.1, 0.15) is 10.4 Å². The van der Waals surface area contributed by atoms with Gasteiger partial charge in [0, 0.05) is 24.4 Å². The monoisotopic (exact) mass is 332 g/mol. The lowest BCUT2D eigenvalue weighted by Crippen LogP contribution is -2.14. The van der Waals surface area contributed by atoms with Gasteiger partial charge in [-0.15, -0.1) is 0 Å². The van der Waals surface area contributed by atoms with E-state index in [1.807, 2.05) is 12.1 Å². The molecule has 2 N–H and O–H groups in total. The summed E-state index contributed by atoms with van der Waals surface area (Å²) in [6.45, 7) is 0.576. The van der Waals surface area contributed by atoms with Crippen molar-refractivity contribution < 1.29 is 24.3 Å². The fraction of sp³-hybridized carbons (Fsp3) is 0.188. The van der Waals surface area contributed by atoms with Crippen LogP contribution in [0.4, 0.5) is 11.4 Å². The number of aromatic carboxylic acids is 1. The van der Waals surface area contributed by atoms with E-state index in [9.17, 15) is 14.9 Å². The Hall–Kier alpha value is -3.29. The summed E-state index contributed by atoms with van der Waals surface area (Å²) in [6, 6.07) is 10.8. The third-order valence-corrected chi connectivity index (χ3v) is 3.19. The molecule has 0 aromatic heterocycles. The first kappa shape index (κ1) is 17.1. The number of methoxy groups -OCH3 is 1. The van der Waals surface area contributed by atoms with Crippen LogP contribution in [0.5, 0.6) is 11.5 Å². The minimum absolute atomic E-state index is 0.165. The Morgan fingerprint density at radius 2 is 1.96 bits per heavy atom. The second kappa shape index (κ2) is 7.82. The number of rotatable bonds is 8. The molecule has 8 heteroatoms. The van der Waals surface area contributed by atoms with E-state index in [0.29, 0.717) is 18.0 Å². The number of ether oxygens (including phenoxy) is 2. The van der Waals surface area contributed by atoms with E-state index in [0.717, 1.165) is 6.07 Å². The number of nitro groups is 1. The van der Waals surface area contributed by atoms with Gasteiger partial charge in [0.2, 0.25) is 0 Å². The summed E-state index contributed by atoms with van der Waals surface area (Å²) >= 11 is 0. The van der Waals surface area contributed by atoms with Crippen LogP contribution < -0.4 is 14.8 Å². The third kappa shape index (κ3) is 4.13. The van der Waals surface area contributed by atoms with Crippen molar-refractivity contribution in [1.29, 1.82) is 0 Å². The van der Waals surface area contributed by atoms with Crippen molar-refractivity contribution >= 4 is 17.3 Å². The van der Waals surface area contributed by atoms with Gasteiger partial charge in [0.25, 0.3) is 5.69 Å². The number of hydrogen-bond donors (Lipinski definition) is 2. The molecular formula is C16H16N2O6. The predicted octanol–water partition coefficient (Wildman–Crippen LogP) is 2.79. The SMILES string of the molecule is COc1ccccc1OCCNc1ccc([N+](=O)[O-])cc1C(=O)O. The van der Waals surface area contributed by atoms with E-state index in [1.165, 1.54) is 19.2 Å². The standard InChI is InChI=1S/C16H16N2O6/c1-23-14-4-2-3-5-15(14)24-9-8-17-13-7-6-11(18(21)22)10-12(13)16(19)20/h2-7,10,17H,8-9H2,1H3,(H,19,20). The lowest BCUT2D eigenvalue weighted by Gasteiger charge is -2.12. The van der Waals surface area contributed by atoms with Crippen molar-refractivity contribution in [3.05, 3.63) is 58.1 Å². The van der Waals surface area contributed by atoms with Crippen LogP contribution in [0, 0.1) is 10.1 Å². The average molecular weight is 332 g/mol. The number of carboxylic acid groups (broad SMARTS) is 1. The van der Waals surface area contributed by atoms with Crippen molar-refractivity contribution in [2.45, 2.75) is 0 Å². The molecule has 24 heavy (non-hydrogen) atoms. The number of nitrogens with zero attached hydrogens (tertiary/aromatic N) is 1. The number of nitro benzene ring substituents is 1. The molecule has 0 aliphatic heterocycles. The normalized spacial score (nSPS) is 10.0. The van der Waals surface area contributed by atoms with Gasteiger partial charge in [-0.1, -0.05) is 12.1 Å². The fourth-order valence-corrected chi connectivity index (χ4v) is 2.06. The first-order chi connectivity index (χ1) is 11.5. The van der Waals surface area contributed by atoms with Gasteiger partial charge in [-0.25, -0.2) is 4.79 Å². The molecular weight excluding hydrogens is 316 g/mol. The summed E-state index contributed by atoms with van der Waals surface area (Å²) in [7, 11) is 1.54. The Bertz CT molecular complexity index is 747. The van der Waals surface area contributed by atoms with Gasteiger partial charge >= 0.3 is 5.97 Å². The Balaban J connectivity index is 1.99. The van der Waals surface area contributed by atoms with Crippen molar-refractivity contribution in [3.8, 4) is 11.5 Å². The topological polar surface area (TPSA) is 111 Å². The highest BCUT2D eigenvalue weighted by molar-refractivity contribution is 5.95. The highest BCUT2D eigenvalue weighted by Crippen LogP contribution is 2.26. The van der Waals surface area contributed by atoms with Crippen molar-refractivity contribution in [2.75, 3.05) is 25.6 Å². The van der Waals surface area contributed by atoms with E-state index < -0.39 is 10.9 Å². The molecule has 0 atom stereocenters. The second-order valence-electron chi connectivity index (χ2n) is 4.72. The fourth-order valence-electron chi connectivity index (χ4n) is 2.06. The average Bonchev–Trinajstić information content (AvgIpc) is 2.58. The van der Waals surface area contributed by atoms with Gasteiger partial charge in [-0.3, -0.25) is 10.1 Å². The van der Waals surface area contributed by atoms with Crippen LogP contribution >= 0.6 is 0 Å². The molecule has 0 spiro atoms. The van der Waals surface area contributed by atoms with E-state index in [4.69, 9.17) is 14.6 Å². The molecule has 0 aliphatic carbocycles. The molecule has 0 amide bonds. The van der Waals surface area contributed by atoms with Crippen LogP contribution in [-0.4, -0.2) is 36.3 Å². The first-order valence-corrected chi connectivity index (χ1v) is 7.04. The molecule has 0 fully saturated rings. The van der Waals surface area contributed by atoms with Gasteiger partial charge in [0.1, 0.15) is 6.61 Å². The van der Waals surface area contributed by atoms with Crippen molar-refractivity contribution in [2.24, 2.45) is 0 Å². The summed E-state index contributed by atoms with van der Waals surface area (Å²) in [5, 5.41) is 22.8. The number of hydrogen-bond acceptors (Lipinski definition) is 6. The van der Waals surface area contributed by atoms with Gasteiger partial charge in [0.15, 0.2) is 11.5 Å².